The van der Waals surface area contributed by atoms with Crippen LogP contribution in [0.1, 0.15) is 352 Å². The number of ether oxygens (including phenoxy) is 2. The summed E-state index contributed by atoms with van der Waals surface area (Å²) in [6.07, 6.45) is 8.57. The van der Waals surface area contributed by atoms with E-state index in [9.17, 15) is 101 Å². The molecule has 0 bridgehead atoms. The van der Waals surface area contributed by atoms with E-state index in [1.165, 1.54) is 111 Å². The van der Waals surface area contributed by atoms with Crippen LogP contribution in [0, 0.1) is 17.8 Å². The first-order chi connectivity index (χ1) is 65.6. The number of carbonyl (C=O) groups is 21. The molecule has 49 heteroatoms. The molecule has 0 aromatic rings. The molecule has 0 aliphatic heterocycles. The molecule has 143 heavy (non-hydrogen) atoms. The Hall–Kier alpha value is -11.4. The van der Waals surface area contributed by atoms with Gasteiger partial charge in [0, 0.05) is 108 Å². The Bertz CT molecular complexity index is 3240. The lowest BCUT2D eigenvalue weighted by Gasteiger charge is -2.20. The third-order valence-corrected chi connectivity index (χ3v) is 16.8. The van der Waals surface area contributed by atoms with Crippen LogP contribution in [0.5, 0.6) is 0 Å². The van der Waals surface area contributed by atoms with Crippen LogP contribution in [0.25, 0.3) is 0 Å². The molecule has 49 nitrogen and oxygen atoms in total. The van der Waals surface area contributed by atoms with E-state index in [1.807, 2.05) is 104 Å². The van der Waals surface area contributed by atoms with E-state index in [2.05, 4.69) is 102 Å². The number of hydrogen-bond acceptors (Lipinski definition) is 30. The normalized spacial score (nSPS) is 12.9. The van der Waals surface area contributed by atoms with Gasteiger partial charge in [0.25, 0.3) is 0 Å². The molecule has 0 fully saturated rings. The fourth-order valence-electron chi connectivity index (χ4n) is 8.83. The van der Waals surface area contributed by atoms with Gasteiger partial charge in [-0.05, 0) is 137 Å². The molecule has 0 aliphatic rings. The van der Waals surface area contributed by atoms with Crippen molar-refractivity contribution in [2.45, 2.75) is 449 Å². The van der Waals surface area contributed by atoms with E-state index in [4.69, 9.17) is 56.5 Å². The lowest BCUT2D eigenvalue weighted by Crippen LogP contribution is -2.47. The number of nitrogens with one attached hydrogen (secondary N) is 13. The number of carbonyl (C=O) groups excluding carboxylic acids is 15. The zero-order valence-electron chi connectivity index (χ0n) is 92.4. The number of aliphatic hydroxyl groups excluding tert-OH is 3. The molecular formula is C94H189N13O36. The van der Waals surface area contributed by atoms with Gasteiger partial charge in [-0.25, -0.2) is 48.1 Å². The minimum atomic E-state index is -0.988. The van der Waals surface area contributed by atoms with Crippen LogP contribution < -0.4 is 69.1 Å². The second kappa shape index (κ2) is 109. The summed E-state index contributed by atoms with van der Waals surface area (Å²) in [4.78, 5) is 227. The van der Waals surface area contributed by atoms with E-state index < -0.39 is 109 Å². The van der Waals surface area contributed by atoms with Crippen LogP contribution in [0.3, 0.4) is 0 Å². The molecule has 0 saturated carbocycles. The first kappa shape index (κ1) is 165. The standard InChI is InChI=1S/C9H17NO3.C8H15NO3.C7H13NO4.C7H13NO3.4C6H11NO3.C6H13NO2.2C6H13NO.C6H14O2.C5H11NO2.C5H11NO.C5H12O2/c1-5-6(2)8(9(12)13-4)10-7(3)11;1-3-4-5-7(8(11)12)9-6(2)10;1-4(9)6(7(11)12-3)8-5(2)10;1-3-4-6(7(10)11)8-5(2)9;4*1-3-5(6(9)10)7-4(2)8;1-3-4-6(9)7-5(2)8;2*1-4-5(2)7-6(3)8;1-5(2)4-6(3)8-7;1-3-5(8)6-4(2)7;1-4(2)6-5(3)7;1-4(2)5(3)7-6/h6,8H,5H2,1-4H3,(H,10,11);7H,3-5H2,1-2H3,(H,9,10)(H,11,12);4,6,9H,1-3H3,(H,8,10);6H,3-4H2,1-2H3,(H,8,9)(H,10,11);4*5H,3H2,1-2H3,(H,7,8)(H,9,10);6,9H,3-4H2,1-2H3,(H,7,8);2*5H,4H2,1-3H3,(H,7,8);5-7H,4H2,1-3H3;5,8H,3H2,1-2H3,(H,6,7);4H,1-3H3,(H,6,7);4-6H,1-3H3. The molecule has 0 aliphatic carbocycles. The molecule has 13 amide bonds. The number of esters is 2. The minimum absolute atomic E-state index is 0.0185. The topological polar surface area (TPSA) is 774 Å². The number of carboxylic acid groups (broad SMARTS) is 6. The highest BCUT2D eigenvalue weighted by Gasteiger charge is 2.27. The van der Waals surface area contributed by atoms with Crippen molar-refractivity contribution < 1.29 is 176 Å². The monoisotopic (exact) mass is 2080 g/mol. The Labute approximate surface area is 847 Å². The number of rotatable bonds is 43. The highest BCUT2D eigenvalue weighted by molar-refractivity contribution is 5.87. The summed E-state index contributed by atoms with van der Waals surface area (Å²) < 4.78 is 8.94. The van der Waals surface area contributed by atoms with Gasteiger partial charge in [-0.3, -0.25) is 72.8 Å². The number of carboxylic acids is 6. The van der Waals surface area contributed by atoms with Gasteiger partial charge in [0.05, 0.1) is 32.5 Å². The average Bonchev–Trinajstić information content (AvgIpc) is 0.905. The molecule has 0 saturated heterocycles. The SMILES string of the molecule is CC(=O)NC(C)C.CC(C)C(C)OO.CC(C)CC(C)OO.CCC(C)C(NC(C)=O)C(=O)OC.CCC(C)NC(C)=O.CCC(C)NC(C)=O.CCC(NC(C)=O)C(=O)O.CCC(NC(C)=O)C(=O)O.CCC(NC(C)=O)C(=O)O.CCC(NC(C)=O)C(=O)O.CCC(O)NC(C)=O.CCCC(NC(C)=O)C(=O)O.CCCC(O)NC(C)=O.CCCCC(NC(C)=O)C(=O)O.COC(=O)C(NC(C)=O)C(C)O. The lowest BCUT2D eigenvalue weighted by atomic mass is 9.99. The number of aliphatic carboxylic acids is 6. The molecule has 0 spiro atoms. The molecule has 0 aromatic carbocycles. The lowest BCUT2D eigenvalue weighted by molar-refractivity contribution is -0.282. The predicted molar refractivity (Wildman–Crippen MR) is 539 cm³/mol. The second-order valence-electron chi connectivity index (χ2n) is 32.7. The highest BCUT2D eigenvalue weighted by atomic mass is 17.1. The maximum atomic E-state index is 11.2. The summed E-state index contributed by atoms with van der Waals surface area (Å²) in [5.74, 6) is -8.50. The summed E-state index contributed by atoms with van der Waals surface area (Å²) in [7, 11) is 2.51. The van der Waals surface area contributed by atoms with Gasteiger partial charge in [0.1, 0.15) is 54.7 Å². The molecule has 16 atom stereocenters. The zero-order chi connectivity index (χ0) is 116. The first-order valence-electron chi connectivity index (χ1n) is 47.3. The van der Waals surface area contributed by atoms with Crippen molar-refractivity contribution in [3.8, 4) is 0 Å². The van der Waals surface area contributed by atoms with Crippen molar-refractivity contribution in [1.29, 1.82) is 0 Å². The summed E-state index contributed by atoms with van der Waals surface area (Å²) in [6.45, 7) is 61.2. The van der Waals surface area contributed by atoms with Crippen LogP contribution in [-0.4, -0.2) is 292 Å². The Morgan fingerprint density at radius 2 is 0.517 bits per heavy atom. The zero-order valence-corrected chi connectivity index (χ0v) is 92.4. The third-order valence-electron chi connectivity index (χ3n) is 16.8. The fraction of sp³-hybridized carbons (Fsp3) is 0.777. The predicted octanol–water partition coefficient (Wildman–Crippen LogP) is 6.74. The van der Waals surface area contributed by atoms with Crippen LogP contribution >= 0.6 is 0 Å². The Morgan fingerprint density at radius 1 is 0.266 bits per heavy atom. The number of hydrogen-bond donors (Lipinski definition) is 24. The van der Waals surface area contributed by atoms with Crippen molar-refractivity contribution in [2.24, 2.45) is 17.8 Å². The highest BCUT2D eigenvalue weighted by Crippen LogP contribution is 2.10. The van der Waals surface area contributed by atoms with Crippen LogP contribution in [-0.2, 0) is 120 Å². The van der Waals surface area contributed by atoms with Gasteiger partial charge in [-0.1, -0.05) is 143 Å². The van der Waals surface area contributed by atoms with Crippen LogP contribution in [0.2, 0.25) is 0 Å². The number of unbranched alkanes of at least 4 members (excludes halogenated alkanes) is 1. The molecule has 0 aromatic heterocycles. The summed E-state index contributed by atoms with van der Waals surface area (Å²) >= 11 is 0. The fourth-order valence-corrected chi connectivity index (χ4v) is 8.83. The van der Waals surface area contributed by atoms with Crippen molar-refractivity contribution >= 4 is 125 Å². The second-order valence-corrected chi connectivity index (χ2v) is 32.7. The molecule has 16 unspecified atom stereocenters. The van der Waals surface area contributed by atoms with Gasteiger partial charge < -0.3 is 125 Å². The largest absolute Gasteiger partial charge is 0.480 e. The number of amides is 13. The van der Waals surface area contributed by atoms with E-state index >= 15 is 0 Å². The van der Waals surface area contributed by atoms with Crippen molar-refractivity contribution in [3.05, 3.63) is 0 Å². The smallest absolute Gasteiger partial charge is 0.331 e. The van der Waals surface area contributed by atoms with Crippen LogP contribution in [0.4, 0.5) is 0 Å². The van der Waals surface area contributed by atoms with Crippen LogP contribution in [0.15, 0.2) is 0 Å². The molecule has 24 N–H and O–H groups in total. The third kappa shape index (κ3) is 144. The van der Waals surface area contributed by atoms with E-state index in [0.717, 1.165) is 51.4 Å². The van der Waals surface area contributed by atoms with Crippen molar-refractivity contribution in [3.63, 3.8) is 0 Å². The van der Waals surface area contributed by atoms with Gasteiger partial charge in [0.2, 0.25) is 76.8 Å². The molecular weight excluding hydrogens is 1890 g/mol. The quantitative estimate of drug-likeness (QED) is 0.0130. The Balaban J connectivity index is -0.0000000947. The van der Waals surface area contributed by atoms with E-state index in [-0.39, 0.29) is 107 Å². The molecule has 0 heterocycles. The minimum Gasteiger partial charge on any atom is -0.480 e. The van der Waals surface area contributed by atoms with Crippen molar-refractivity contribution in [2.75, 3.05) is 14.2 Å². The van der Waals surface area contributed by atoms with Gasteiger partial charge >= 0.3 is 47.8 Å². The number of methoxy groups -OCH3 is 2. The molecule has 0 radical (unpaired) electrons. The Morgan fingerprint density at radius 3 is 0.657 bits per heavy atom. The first-order valence-corrected chi connectivity index (χ1v) is 47.3. The molecule has 0 rings (SSSR count). The maximum Gasteiger partial charge on any atom is 0.331 e. The summed E-state index contributed by atoms with van der Waals surface area (Å²) in [5, 5.41) is 125. The summed E-state index contributed by atoms with van der Waals surface area (Å²) in [5.41, 5.74) is 0. The molecule has 846 valence electrons. The number of aliphatic hydroxyl groups is 3. The van der Waals surface area contributed by atoms with E-state index in [0.29, 0.717) is 75.3 Å². The maximum absolute atomic E-state index is 11.2. The van der Waals surface area contributed by atoms with Gasteiger partial charge in [0.15, 0.2) is 6.04 Å². The van der Waals surface area contributed by atoms with Crippen molar-refractivity contribution in [1.82, 2.24) is 69.1 Å². The van der Waals surface area contributed by atoms with E-state index in [1.54, 1.807) is 34.6 Å². The Kier molecular flexibility index (Phi) is 126. The average molecular weight is 2080 g/mol. The summed E-state index contributed by atoms with van der Waals surface area (Å²) in [6, 6.07) is -4.97. The van der Waals surface area contributed by atoms with Gasteiger partial charge in [-0.2, -0.15) is 0 Å². The van der Waals surface area contributed by atoms with Gasteiger partial charge in [-0.15, -0.1) is 0 Å².